The molecule has 10 rings (SSSR count). The molecular weight excluding hydrogens is 216 g/mol. The van der Waals surface area contributed by atoms with Gasteiger partial charge in [-0.25, -0.2) is 0 Å². The Bertz CT molecular complexity index is 536. The van der Waals surface area contributed by atoms with Crippen LogP contribution in [-0.4, -0.2) is 11.9 Å². The van der Waals surface area contributed by atoms with Crippen molar-refractivity contribution >= 4 is 11.9 Å². The van der Waals surface area contributed by atoms with Crippen LogP contribution in [0.15, 0.2) is 12.2 Å². The first-order valence-electron chi connectivity index (χ1n) is 6.73. The SMILES string of the molecule is O=C1OC(=O)C2C1C1C3C=CC4C1C1C4C3C21. The molecule has 10 unspecified atom stereocenters. The van der Waals surface area contributed by atoms with Crippen molar-refractivity contribution in [1.82, 2.24) is 0 Å². The minimum absolute atomic E-state index is 0.0568. The van der Waals surface area contributed by atoms with Crippen LogP contribution in [-0.2, 0) is 14.3 Å². The Hall–Kier alpha value is -1.12. The fourth-order valence-electron chi connectivity index (χ4n) is 6.86. The fraction of sp³-hybridized carbons (Fsp3) is 0.714. The topological polar surface area (TPSA) is 43.4 Å². The highest BCUT2D eigenvalue weighted by molar-refractivity contribution is 5.97. The van der Waals surface area contributed by atoms with Crippen molar-refractivity contribution in [3.05, 3.63) is 12.2 Å². The van der Waals surface area contributed by atoms with E-state index in [-0.39, 0.29) is 23.8 Å². The highest BCUT2D eigenvalue weighted by Crippen LogP contribution is 2.83. The molecule has 1 heterocycles. The summed E-state index contributed by atoms with van der Waals surface area (Å²) in [6, 6.07) is 0. The van der Waals surface area contributed by atoms with Gasteiger partial charge in [0.25, 0.3) is 0 Å². The van der Waals surface area contributed by atoms with Crippen molar-refractivity contribution in [3.8, 4) is 0 Å². The Morgan fingerprint density at radius 1 is 0.706 bits per heavy atom. The van der Waals surface area contributed by atoms with Crippen LogP contribution in [0.1, 0.15) is 0 Å². The maximum absolute atomic E-state index is 11.9. The molecule has 1 saturated heterocycles. The quantitative estimate of drug-likeness (QED) is 0.351. The van der Waals surface area contributed by atoms with E-state index < -0.39 is 0 Å². The van der Waals surface area contributed by atoms with E-state index in [2.05, 4.69) is 12.2 Å². The van der Waals surface area contributed by atoms with E-state index in [1.165, 1.54) is 0 Å². The van der Waals surface area contributed by atoms with Crippen LogP contribution in [0.25, 0.3) is 0 Å². The predicted molar refractivity (Wildman–Crippen MR) is 55.1 cm³/mol. The Morgan fingerprint density at radius 3 is 1.94 bits per heavy atom. The summed E-state index contributed by atoms with van der Waals surface area (Å²) in [5.41, 5.74) is 0. The summed E-state index contributed by atoms with van der Waals surface area (Å²) in [7, 11) is 0. The number of carbonyl (C=O) groups excluding carboxylic acids is 2. The first-order valence-corrected chi connectivity index (χ1v) is 6.73. The molecule has 0 N–H and O–H groups in total. The van der Waals surface area contributed by atoms with Crippen LogP contribution in [0.3, 0.4) is 0 Å². The van der Waals surface area contributed by atoms with Crippen molar-refractivity contribution in [2.24, 2.45) is 59.2 Å². The third kappa shape index (κ3) is 0.536. The minimum atomic E-state index is -0.212. The number of allylic oxidation sites excluding steroid dienone is 2. The molecule has 17 heavy (non-hydrogen) atoms. The van der Waals surface area contributed by atoms with E-state index >= 15 is 0 Å². The normalized spacial score (nSPS) is 70.8. The minimum Gasteiger partial charge on any atom is -0.393 e. The van der Waals surface area contributed by atoms with E-state index in [4.69, 9.17) is 4.74 Å². The van der Waals surface area contributed by atoms with Gasteiger partial charge in [-0.05, 0) is 47.3 Å². The van der Waals surface area contributed by atoms with Gasteiger partial charge in [-0.2, -0.15) is 0 Å². The van der Waals surface area contributed by atoms with E-state index in [9.17, 15) is 9.59 Å². The van der Waals surface area contributed by atoms with Crippen LogP contribution in [0.4, 0.5) is 0 Å². The molecule has 86 valence electrons. The Morgan fingerprint density at radius 2 is 1.24 bits per heavy atom. The number of hydrogen-bond donors (Lipinski definition) is 0. The monoisotopic (exact) mass is 228 g/mol. The van der Waals surface area contributed by atoms with E-state index in [0.717, 1.165) is 17.8 Å². The van der Waals surface area contributed by atoms with Gasteiger partial charge in [0, 0.05) is 0 Å². The Balaban J connectivity index is 1.61. The summed E-state index contributed by atoms with van der Waals surface area (Å²) in [4.78, 5) is 23.7. The lowest BCUT2D eigenvalue weighted by atomic mass is 9.20. The standard InChI is InChI=1S/C14H12O3/c15-13-11-8-4-2-1-3-5-6(4)10(9(5)7(3)8)12(11)14(16)17-13/h1-12H. The van der Waals surface area contributed by atoms with Crippen molar-refractivity contribution in [2.75, 3.05) is 0 Å². The smallest absolute Gasteiger partial charge is 0.317 e. The second-order valence-electron chi connectivity index (χ2n) is 6.80. The van der Waals surface area contributed by atoms with Gasteiger partial charge in [0.15, 0.2) is 0 Å². The van der Waals surface area contributed by atoms with Crippen LogP contribution in [0.5, 0.6) is 0 Å². The molecule has 0 radical (unpaired) electrons. The number of carbonyl (C=O) groups is 2. The molecule has 0 spiro atoms. The van der Waals surface area contributed by atoms with Crippen LogP contribution in [0.2, 0.25) is 0 Å². The van der Waals surface area contributed by atoms with Crippen LogP contribution < -0.4 is 0 Å². The zero-order valence-corrected chi connectivity index (χ0v) is 9.15. The average Bonchev–Trinajstić information content (AvgIpc) is 2.57. The zero-order valence-electron chi connectivity index (χ0n) is 9.15. The largest absolute Gasteiger partial charge is 0.393 e. The van der Waals surface area contributed by atoms with Gasteiger partial charge >= 0.3 is 11.9 Å². The average molecular weight is 228 g/mol. The maximum Gasteiger partial charge on any atom is 0.317 e. The van der Waals surface area contributed by atoms with E-state index in [0.29, 0.717) is 29.6 Å². The first-order chi connectivity index (χ1) is 8.29. The number of esters is 2. The van der Waals surface area contributed by atoms with E-state index in [1.807, 2.05) is 0 Å². The molecule has 8 fully saturated rings. The summed E-state index contributed by atoms with van der Waals surface area (Å²) in [6.07, 6.45) is 4.74. The Labute approximate surface area is 98.2 Å². The van der Waals surface area contributed by atoms with Crippen molar-refractivity contribution in [3.63, 3.8) is 0 Å². The summed E-state index contributed by atoms with van der Waals surface area (Å²) in [5, 5.41) is 0. The molecule has 0 aromatic heterocycles. The molecule has 9 aliphatic carbocycles. The first kappa shape index (κ1) is 8.06. The molecule has 10 aliphatic rings. The summed E-state index contributed by atoms with van der Waals surface area (Å²) >= 11 is 0. The second-order valence-corrected chi connectivity index (χ2v) is 6.80. The van der Waals surface area contributed by atoms with Crippen molar-refractivity contribution < 1.29 is 14.3 Å². The molecular formula is C14H12O3. The highest BCUT2D eigenvalue weighted by atomic mass is 16.6. The number of cyclic esters (lactones) is 2. The lowest BCUT2D eigenvalue weighted by Gasteiger charge is -2.82. The van der Waals surface area contributed by atoms with E-state index in [1.54, 1.807) is 0 Å². The highest BCUT2D eigenvalue weighted by Gasteiger charge is 2.83. The Kier molecular flexibility index (Phi) is 0.948. The number of ether oxygens (including phenoxy) is 1. The number of rotatable bonds is 0. The van der Waals surface area contributed by atoms with Gasteiger partial charge in [0.2, 0.25) is 0 Å². The summed E-state index contributed by atoms with van der Waals surface area (Å²) < 4.78 is 4.93. The van der Waals surface area contributed by atoms with Gasteiger partial charge in [-0.3, -0.25) is 9.59 Å². The van der Waals surface area contributed by atoms with Crippen LogP contribution in [0, 0.1) is 59.2 Å². The molecule has 10 atom stereocenters. The van der Waals surface area contributed by atoms with Gasteiger partial charge in [-0.15, -0.1) is 0 Å². The summed E-state index contributed by atoms with van der Waals surface area (Å²) in [6.45, 7) is 0. The third-order valence-electron chi connectivity index (χ3n) is 6.96. The van der Waals surface area contributed by atoms with Crippen molar-refractivity contribution in [1.29, 1.82) is 0 Å². The van der Waals surface area contributed by atoms with Crippen LogP contribution >= 0.6 is 0 Å². The van der Waals surface area contributed by atoms with Gasteiger partial charge in [0.05, 0.1) is 11.8 Å². The third-order valence-corrected chi connectivity index (χ3v) is 6.96. The summed E-state index contributed by atoms with van der Waals surface area (Å²) in [5.74, 6) is 4.75. The van der Waals surface area contributed by atoms with Gasteiger partial charge in [-0.1, -0.05) is 12.2 Å². The molecule has 8 bridgehead atoms. The molecule has 3 nitrogen and oxygen atoms in total. The lowest BCUT2D eigenvalue weighted by Crippen LogP contribution is -2.81. The maximum atomic E-state index is 11.9. The zero-order chi connectivity index (χ0) is 11.0. The number of hydrogen-bond acceptors (Lipinski definition) is 3. The predicted octanol–water partition coefficient (Wildman–Crippen LogP) is 0.856. The molecule has 3 heteroatoms. The fourth-order valence-corrected chi connectivity index (χ4v) is 6.86. The lowest BCUT2D eigenvalue weighted by molar-refractivity contribution is -0.340. The van der Waals surface area contributed by atoms with Gasteiger partial charge in [0.1, 0.15) is 0 Å². The molecule has 0 aromatic rings. The van der Waals surface area contributed by atoms with Gasteiger partial charge < -0.3 is 4.74 Å². The molecule has 1 aliphatic heterocycles. The molecule has 7 saturated carbocycles. The molecule has 0 amide bonds. The van der Waals surface area contributed by atoms with Crippen molar-refractivity contribution in [2.45, 2.75) is 0 Å². The molecule has 0 aromatic carbocycles. The second kappa shape index (κ2) is 2.00.